The molecule has 2 saturated heterocycles. The van der Waals surface area contributed by atoms with Crippen molar-refractivity contribution < 1.29 is 19.2 Å². The van der Waals surface area contributed by atoms with Crippen molar-refractivity contribution in [1.29, 1.82) is 0 Å². The number of carboxylic acid groups (broad SMARTS) is 1. The van der Waals surface area contributed by atoms with E-state index in [0.717, 1.165) is 61.1 Å². The van der Waals surface area contributed by atoms with Gasteiger partial charge >= 0.3 is 5.97 Å². The molecule has 3 atom stereocenters. The Labute approximate surface area is 198 Å². The second-order valence-corrected chi connectivity index (χ2v) is 9.73. The van der Waals surface area contributed by atoms with Crippen LogP contribution in [0, 0.1) is 6.92 Å². The van der Waals surface area contributed by atoms with Crippen molar-refractivity contribution in [1.82, 2.24) is 15.1 Å². The Balaban J connectivity index is 1.19. The molecule has 2 bridgehead atoms. The maximum absolute atomic E-state index is 11.3. The van der Waals surface area contributed by atoms with Crippen molar-refractivity contribution in [3.05, 3.63) is 59.2 Å². The number of anilines is 1. The maximum Gasteiger partial charge on any atom is 0.356 e. The Bertz CT molecular complexity index is 1210. The lowest BCUT2D eigenvalue weighted by molar-refractivity contribution is 0.0145. The SMILES string of the molecule is Cc1ccccc1-c1noc(C2CC2)c1CO[C@@H]1CC2CC[C@@H](C1)N2c1cncc(C(=O)O)n1. The molecule has 3 aromatic rings. The zero-order valence-electron chi connectivity index (χ0n) is 19.2. The average molecular weight is 461 g/mol. The van der Waals surface area contributed by atoms with Crippen LogP contribution in [0.1, 0.15) is 71.8 Å². The summed E-state index contributed by atoms with van der Waals surface area (Å²) in [5.41, 5.74) is 4.26. The van der Waals surface area contributed by atoms with E-state index in [1.807, 2.05) is 12.1 Å². The van der Waals surface area contributed by atoms with E-state index in [9.17, 15) is 9.90 Å². The summed E-state index contributed by atoms with van der Waals surface area (Å²) >= 11 is 0. The lowest BCUT2D eigenvalue weighted by atomic mass is 9.98. The molecule has 2 aliphatic heterocycles. The van der Waals surface area contributed by atoms with Crippen LogP contribution in [0.4, 0.5) is 5.82 Å². The third-order valence-electron chi connectivity index (χ3n) is 7.43. The van der Waals surface area contributed by atoms with Gasteiger partial charge in [0.2, 0.25) is 0 Å². The third kappa shape index (κ3) is 3.86. The quantitative estimate of drug-likeness (QED) is 0.540. The van der Waals surface area contributed by atoms with Crippen LogP contribution in [0.5, 0.6) is 0 Å². The fourth-order valence-electron chi connectivity index (χ4n) is 5.60. The van der Waals surface area contributed by atoms with E-state index in [1.54, 1.807) is 6.20 Å². The van der Waals surface area contributed by atoms with E-state index in [4.69, 9.17) is 9.26 Å². The molecule has 0 spiro atoms. The summed E-state index contributed by atoms with van der Waals surface area (Å²) in [6.45, 7) is 2.60. The van der Waals surface area contributed by atoms with Gasteiger partial charge in [0.05, 0.1) is 25.1 Å². The lowest BCUT2D eigenvalue weighted by Gasteiger charge is -2.39. The van der Waals surface area contributed by atoms with Crippen molar-refractivity contribution in [3.63, 3.8) is 0 Å². The number of carbonyl (C=O) groups is 1. The van der Waals surface area contributed by atoms with E-state index in [-0.39, 0.29) is 23.9 Å². The predicted molar refractivity (Wildman–Crippen MR) is 125 cm³/mol. The molecule has 3 fully saturated rings. The number of ether oxygens (including phenoxy) is 1. The molecular weight excluding hydrogens is 432 g/mol. The van der Waals surface area contributed by atoms with Gasteiger partial charge in [-0.15, -0.1) is 0 Å². The van der Waals surface area contributed by atoms with Gasteiger partial charge in [0.25, 0.3) is 0 Å². The smallest absolute Gasteiger partial charge is 0.356 e. The summed E-state index contributed by atoms with van der Waals surface area (Å²) in [7, 11) is 0. The number of hydrogen-bond donors (Lipinski definition) is 1. The van der Waals surface area contributed by atoms with Crippen molar-refractivity contribution in [2.45, 2.75) is 76.2 Å². The number of rotatable bonds is 7. The summed E-state index contributed by atoms with van der Waals surface area (Å²) in [6, 6.07) is 8.83. The minimum Gasteiger partial charge on any atom is -0.476 e. The van der Waals surface area contributed by atoms with Crippen LogP contribution in [-0.4, -0.2) is 44.4 Å². The minimum absolute atomic E-state index is 0.0147. The first-order valence-corrected chi connectivity index (χ1v) is 12.1. The van der Waals surface area contributed by atoms with Crippen LogP contribution in [0.15, 0.2) is 41.2 Å². The fourth-order valence-corrected chi connectivity index (χ4v) is 5.60. The zero-order valence-corrected chi connectivity index (χ0v) is 19.2. The number of aromatic carboxylic acids is 1. The highest BCUT2D eigenvalue weighted by atomic mass is 16.5. The number of aryl methyl sites for hydroxylation is 1. The molecule has 0 amide bonds. The van der Waals surface area contributed by atoms with Crippen LogP contribution >= 0.6 is 0 Å². The molecule has 1 N–H and O–H groups in total. The van der Waals surface area contributed by atoms with Gasteiger partial charge < -0.3 is 19.3 Å². The molecule has 1 aliphatic carbocycles. The van der Waals surface area contributed by atoms with Crippen LogP contribution in [-0.2, 0) is 11.3 Å². The number of benzene rings is 1. The molecule has 8 heteroatoms. The fraction of sp³-hybridized carbons (Fsp3) is 0.462. The van der Waals surface area contributed by atoms with Crippen LogP contribution in [0.25, 0.3) is 11.3 Å². The summed E-state index contributed by atoms with van der Waals surface area (Å²) in [5, 5.41) is 13.8. The Morgan fingerprint density at radius 2 is 1.91 bits per heavy atom. The predicted octanol–water partition coefficient (Wildman–Crippen LogP) is 4.73. The van der Waals surface area contributed by atoms with E-state index in [1.165, 1.54) is 11.8 Å². The number of piperidine rings is 1. The number of nitrogens with zero attached hydrogens (tertiary/aromatic N) is 4. The van der Waals surface area contributed by atoms with E-state index in [0.29, 0.717) is 18.3 Å². The highest BCUT2D eigenvalue weighted by Crippen LogP contribution is 2.45. The Morgan fingerprint density at radius 3 is 2.62 bits per heavy atom. The number of aromatic nitrogens is 3. The normalized spacial score (nSPS) is 23.9. The first-order valence-electron chi connectivity index (χ1n) is 12.1. The molecule has 34 heavy (non-hydrogen) atoms. The minimum atomic E-state index is -1.05. The molecule has 176 valence electrons. The van der Waals surface area contributed by atoms with Gasteiger partial charge in [0.1, 0.15) is 17.3 Å². The second kappa shape index (κ2) is 8.51. The van der Waals surface area contributed by atoms with Crippen molar-refractivity contribution in [2.24, 2.45) is 0 Å². The summed E-state index contributed by atoms with van der Waals surface area (Å²) in [5.74, 6) is 1.05. The first kappa shape index (κ1) is 21.3. The van der Waals surface area contributed by atoms with E-state index < -0.39 is 5.97 Å². The first-order chi connectivity index (χ1) is 16.6. The number of fused-ring (bicyclic) bond motifs is 2. The topological polar surface area (TPSA) is 102 Å². The number of carboxylic acids is 1. The van der Waals surface area contributed by atoms with Crippen molar-refractivity contribution in [2.75, 3.05) is 4.90 Å². The molecule has 8 nitrogen and oxygen atoms in total. The van der Waals surface area contributed by atoms with Gasteiger partial charge in [-0.3, -0.25) is 4.98 Å². The molecule has 1 saturated carbocycles. The molecule has 2 aromatic heterocycles. The molecule has 1 aromatic carbocycles. The van der Waals surface area contributed by atoms with Gasteiger partial charge in [0.15, 0.2) is 5.69 Å². The lowest BCUT2D eigenvalue weighted by Crippen LogP contribution is -2.46. The van der Waals surface area contributed by atoms with E-state index in [2.05, 4.69) is 39.1 Å². The second-order valence-electron chi connectivity index (χ2n) is 9.73. The Hall–Kier alpha value is -3.26. The standard InChI is InChI=1S/C26H28N4O4/c1-15-4-2-3-5-20(15)24-21(25(34-29-24)16-6-7-16)14-33-19-10-17-8-9-18(11-19)30(17)23-13-27-12-22(28-23)26(31)32/h2-5,12-13,16-19H,6-11,14H2,1H3,(H,31,32)/t17-,18?,19-/m0/s1. The molecule has 3 aliphatic rings. The van der Waals surface area contributed by atoms with Gasteiger partial charge in [-0.25, -0.2) is 9.78 Å². The molecular formula is C26H28N4O4. The van der Waals surface area contributed by atoms with Gasteiger partial charge in [-0.05, 0) is 51.0 Å². The largest absolute Gasteiger partial charge is 0.476 e. The maximum atomic E-state index is 11.3. The molecule has 6 rings (SSSR count). The van der Waals surface area contributed by atoms with Crippen molar-refractivity contribution >= 4 is 11.8 Å². The Morgan fingerprint density at radius 1 is 1.15 bits per heavy atom. The van der Waals surface area contributed by atoms with Gasteiger partial charge in [-0.1, -0.05) is 29.4 Å². The average Bonchev–Trinajstić information content (AvgIpc) is 3.54. The van der Waals surface area contributed by atoms with Crippen LogP contribution in [0.2, 0.25) is 0 Å². The number of hydrogen-bond acceptors (Lipinski definition) is 7. The van der Waals surface area contributed by atoms with Crippen LogP contribution in [0.3, 0.4) is 0 Å². The van der Waals surface area contributed by atoms with Crippen molar-refractivity contribution in [3.8, 4) is 11.3 Å². The highest BCUT2D eigenvalue weighted by molar-refractivity contribution is 5.85. The summed E-state index contributed by atoms with van der Waals surface area (Å²) in [6.07, 6.45) is 9.28. The van der Waals surface area contributed by atoms with E-state index >= 15 is 0 Å². The summed E-state index contributed by atoms with van der Waals surface area (Å²) < 4.78 is 12.3. The van der Waals surface area contributed by atoms with Crippen LogP contribution < -0.4 is 4.90 Å². The van der Waals surface area contributed by atoms with Gasteiger partial charge in [0, 0.05) is 29.1 Å². The zero-order chi connectivity index (χ0) is 23.2. The molecule has 1 unspecified atom stereocenters. The summed E-state index contributed by atoms with van der Waals surface area (Å²) in [4.78, 5) is 22.1. The van der Waals surface area contributed by atoms with Gasteiger partial charge in [-0.2, -0.15) is 0 Å². The third-order valence-corrected chi connectivity index (χ3v) is 7.43. The Kier molecular flexibility index (Phi) is 5.32. The molecule has 0 radical (unpaired) electrons. The monoisotopic (exact) mass is 460 g/mol. The highest BCUT2D eigenvalue weighted by Gasteiger charge is 2.42. The molecule has 4 heterocycles.